The highest BCUT2D eigenvalue weighted by molar-refractivity contribution is 5.74. The van der Waals surface area contributed by atoms with Crippen LogP contribution >= 0.6 is 0 Å². The van der Waals surface area contributed by atoms with Gasteiger partial charge in [0.15, 0.2) is 11.6 Å². The highest BCUT2D eigenvalue weighted by atomic mass is 16.5. The maximum Gasteiger partial charge on any atom is 0.157 e. The van der Waals surface area contributed by atoms with Crippen molar-refractivity contribution in [3.8, 4) is 0 Å². The van der Waals surface area contributed by atoms with Crippen LogP contribution in [0.3, 0.4) is 0 Å². The van der Waals surface area contributed by atoms with Gasteiger partial charge in [-0.1, -0.05) is 12.8 Å². The van der Waals surface area contributed by atoms with Crippen LogP contribution in [-0.4, -0.2) is 43.3 Å². The van der Waals surface area contributed by atoms with Crippen molar-refractivity contribution in [1.82, 2.24) is 9.97 Å². The van der Waals surface area contributed by atoms with Crippen LogP contribution in [0.4, 0.5) is 17.3 Å². The quantitative estimate of drug-likeness (QED) is 0.786. The first-order valence-electron chi connectivity index (χ1n) is 6.91. The summed E-state index contributed by atoms with van der Waals surface area (Å²) in [5.74, 6) is 1.56. The Balaban J connectivity index is 2.09. The average Bonchev–Trinajstić information content (AvgIpc) is 2.70. The summed E-state index contributed by atoms with van der Waals surface area (Å²) in [6, 6.07) is 0. The number of hydrogen-bond acceptors (Lipinski definition) is 6. The number of ether oxygens (including phenoxy) is 1. The number of nitrogens with zero attached hydrogens (tertiary/aromatic N) is 3. The van der Waals surface area contributed by atoms with Crippen LogP contribution in [-0.2, 0) is 4.74 Å². The van der Waals surface area contributed by atoms with E-state index in [1.807, 2.05) is 0 Å². The van der Waals surface area contributed by atoms with E-state index < -0.39 is 0 Å². The van der Waals surface area contributed by atoms with Crippen molar-refractivity contribution >= 4 is 17.3 Å². The lowest BCUT2D eigenvalue weighted by atomic mass is 10.2. The van der Waals surface area contributed by atoms with E-state index in [1.165, 1.54) is 25.7 Å². The Bertz CT molecular complexity index is 391. The average molecular weight is 265 g/mol. The number of nitrogens with two attached hydrogens (primary N) is 1. The smallest absolute Gasteiger partial charge is 0.157 e. The van der Waals surface area contributed by atoms with Gasteiger partial charge in [0.2, 0.25) is 0 Å². The topological polar surface area (TPSA) is 76.3 Å². The van der Waals surface area contributed by atoms with Gasteiger partial charge in [-0.2, -0.15) is 0 Å². The molecule has 1 aromatic heterocycles. The van der Waals surface area contributed by atoms with E-state index >= 15 is 0 Å². The molecule has 6 nitrogen and oxygen atoms in total. The third kappa shape index (κ3) is 3.70. The molecule has 0 radical (unpaired) electrons. The van der Waals surface area contributed by atoms with Crippen molar-refractivity contribution in [1.29, 1.82) is 0 Å². The van der Waals surface area contributed by atoms with Gasteiger partial charge in [0.1, 0.15) is 12.0 Å². The molecule has 19 heavy (non-hydrogen) atoms. The van der Waals surface area contributed by atoms with E-state index in [1.54, 1.807) is 13.4 Å². The Morgan fingerprint density at radius 2 is 2.00 bits per heavy atom. The van der Waals surface area contributed by atoms with E-state index in [0.717, 1.165) is 18.9 Å². The molecule has 1 aromatic rings. The summed E-state index contributed by atoms with van der Waals surface area (Å²) < 4.78 is 5.01. The van der Waals surface area contributed by atoms with Gasteiger partial charge in [-0.3, -0.25) is 0 Å². The van der Waals surface area contributed by atoms with Gasteiger partial charge >= 0.3 is 0 Å². The van der Waals surface area contributed by atoms with E-state index in [-0.39, 0.29) is 0 Å². The van der Waals surface area contributed by atoms with Crippen molar-refractivity contribution in [3.05, 3.63) is 6.33 Å². The van der Waals surface area contributed by atoms with Crippen LogP contribution in [0.25, 0.3) is 0 Å². The van der Waals surface area contributed by atoms with Crippen molar-refractivity contribution in [3.63, 3.8) is 0 Å². The van der Waals surface area contributed by atoms with Crippen molar-refractivity contribution < 1.29 is 4.74 Å². The van der Waals surface area contributed by atoms with Crippen molar-refractivity contribution in [2.75, 3.05) is 49.3 Å². The normalized spacial score (nSPS) is 16.2. The SMILES string of the molecule is COCCNc1ncnc(N2CCCCCC2)c1N. The van der Waals surface area contributed by atoms with Crippen molar-refractivity contribution in [2.45, 2.75) is 25.7 Å². The molecule has 2 rings (SSSR count). The highest BCUT2D eigenvalue weighted by Crippen LogP contribution is 2.27. The lowest BCUT2D eigenvalue weighted by Crippen LogP contribution is -2.26. The summed E-state index contributed by atoms with van der Waals surface area (Å²) in [5.41, 5.74) is 6.82. The molecule has 106 valence electrons. The maximum absolute atomic E-state index is 6.18. The summed E-state index contributed by atoms with van der Waals surface area (Å²) in [5, 5.41) is 3.18. The molecule has 0 aliphatic carbocycles. The molecule has 0 spiro atoms. The Morgan fingerprint density at radius 1 is 1.26 bits per heavy atom. The predicted octanol–water partition coefficient (Wildman–Crippen LogP) is 1.50. The van der Waals surface area contributed by atoms with E-state index in [9.17, 15) is 0 Å². The minimum Gasteiger partial charge on any atom is -0.393 e. The van der Waals surface area contributed by atoms with Gasteiger partial charge in [-0.15, -0.1) is 0 Å². The largest absolute Gasteiger partial charge is 0.393 e. The molecule has 3 N–H and O–H groups in total. The lowest BCUT2D eigenvalue weighted by molar-refractivity contribution is 0.210. The Morgan fingerprint density at radius 3 is 2.68 bits per heavy atom. The third-order valence-electron chi connectivity index (χ3n) is 3.37. The second-order valence-corrected chi connectivity index (χ2v) is 4.78. The Hall–Kier alpha value is -1.56. The van der Waals surface area contributed by atoms with Gasteiger partial charge in [0, 0.05) is 26.7 Å². The summed E-state index contributed by atoms with van der Waals surface area (Å²) in [6.07, 6.45) is 6.57. The first-order chi connectivity index (χ1) is 9.33. The third-order valence-corrected chi connectivity index (χ3v) is 3.37. The number of aromatic nitrogens is 2. The van der Waals surface area contributed by atoms with Gasteiger partial charge in [0.05, 0.1) is 6.61 Å². The van der Waals surface area contributed by atoms with Crippen LogP contribution in [0.5, 0.6) is 0 Å². The maximum atomic E-state index is 6.18. The number of nitrogen functional groups attached to an aromatic ring is 1. The summed E-state index contributed by atoms with van der Waals surface area (Å²) >= 11 is 0. The fourth-order valence-corrected chi connectivity index (χ4v) is 2.33. The highest BCUT2D eigenvalue weighted by Gasteiger charge is 2.16. The van der Waals surface area contributed by atoms with E-state index in [4.69, 9.17) is 10.5 Å². The van der Waals surface area contributed by atoms with Gasteiger partial charge < -0.3 is 20.7 Å². The second kappa shape index (κ2) is 7.13. The summed E-state index contributed by atoms with van der Waals surface area (Å²) in [4.78, 5) is 10.8. The van der Waals surface area contributed by atoms with Crippen LogP contribution in [0.15, 0.2) is 6.33 Å². The predicted molar refractivity (Wildman–Crippen MR) is 77.5 cm³/mol. The lowest BCUT2D eigenvalue weighted by Gasteiger charge is -2.23. The molecule has 0 atom stereocenters. The standard InChI is InChI=1S/C13H23N5O/c1-19-9-6-15-12-11(14)13(17-10-16-12)18-7-4-2-3-5-8-18/h10H,2-9,14H2,1H3,(H,15,16,17). The van der Waals surface area contributed by atoms with Crippen molar-refractivity contribution in [2.24, 2.45) is 0 Å². The first kappa shape index (κ1) is 13.9. The molecular weight excluding hydrogens is 242 g/mol. The molecule has 1 aliphatic heterocycles. The molecule has 6 heteroatoms. The molecular formula is C13H23N5O. The number of nitrogens with one attached hydrogen (secondary N) is 1. The zero-order chi connectivity index (χ0) is 13.5. The van der Waals surface area contributed by atoms with Crippen LogP contribution in [0.1, 0.15) is 25.7 Å². The summed E-state index contributed by atoms with van der Waals surface area (Å²) in [7, 11) is 1.67. The number of rotatable bonds is 5. The number of hydrogen-bond donors (Lipinski definition) is 2. The molecule has 1 fully saturated rings. The van der Waals surface area contributed by atoms with Crippen LogP contribution in [0, 0.1) is 0 Å². The van der Waals surface area contributed by atoms with E-state index in [0.29, 0.717) is 24.7 Å². The molecule has 0 amide bonds. The fourth-order valence-electron chi connectivity index (χ4n) is 2.33. The van der Waals surface area contributed by atoms with Crippen LogP contribution in [0.2, 0.25) is 0 Å². The molecule has 0 saturated carbocycles. The van der Waals surface area contributed by atoms with Gasteiger partial charge in [-0.05, 0) is 12.8 Å². The van der Waals surface area contributed by atoms with E-state index in [2.05, 4.69) is 20.2 Å². The molecule has 0 aromatic carbocycles. The minimum atomic E-state index is 0.627. The first-order valence-corrected chi connectivity index (χ1v) is 6.91. The molecule has 1 saturated heterocycles. The number of methoxy groups -OCH3 is 1. The molecule has 0 unspecified atom stereocenters. The Kier molecular flexibility index (Phi) is 5.20. The molecule has 2 heterocycles. The zero-order valence-corrected chi connectivity index (χ0v) is 11.6. The Labute approximate surface area is 114 Å². The fraction of sp³-hybridized carbons (Fsp3) is 0.692. The molecule has 0 bridgehead atoms. The van der Waals surface area contributed by atoms with Gasteiger partial charge in [0.25, 0.3) is 0 Å². The monoisotopic (exact) mass is 265 g/mol. The molecule has 1 aliphatic rings. The van der Waals surface area contributed by atoms with Gasteiger partial charge in [-0.25, -0.2) is 9.97 Å². The van der Waals surface area contributed by atoms with Crippen LogP contribution < -0.4 is 16.0 Å². The minimum absolute atomic E-state index is 0.627. The second-order valence-electron chi connectivity index (χ2n) is 4.78. The number of anilines is 3. The zero-order valence-electron chi connectivity index (χ0n) is 11.6. The summed E-state index contributed by atoms with van der Waals surface area (Å²) in [6.45, 7) is 3.37.